The van der Waals surface area contributed by atoms with Crippen molar-refractivity contribution in [1.82, 2.24) is 20.2 Å². The lowest BCUT2D eigenvalue weighted by atomic mass is 10.0. The maximum Gasteiger partial charge on any atom is 0.326 e. The number of carboxylic acids is 1. The number of amides is 3. The van der Waals surface area contributed by atoms with Crippen LogP contribution < -0.4 is 15.5 Å². The zero-order valence-electron chi connectivity index (χ0n) is 17.0. The SMILES string of the molecule is CC(C)[C@H](NC(=O)[C@@H](NC(=O)N1CCn2c1nc1ccccc12)C(C)C)C(=O)O. The number of aromatic nitrogens is 2. The van der Waals surface area contributed by atoms with Gasteiger partial charge >= 0.3 is 12.0 Å². The van der Waals surface area contributed by atoms with Crippen molar-refractivity contribution in [3.8, 4) is 0 Å². The summed E-state index contributed by atoms with van der Waals surface area (Å²) in [6, 6.07) is 5.35. The number of fused-ring (bicyclic) bond motifs is 3. The van der Waals surface area contributed by atoms with E-state index in [0.29, 0.717) is 19.0 Å². The number of aliphatic carboxylic acids is 1. The fourth-order valence-corrected chi connectivity index (χ4v) is 3.48. The molecule has 3 N–H and O–H groups in total. The van der Waals surface area contributed by atoms with Crippen LogP contribution in [-0.4, -0.2) is 51.2 Å². The summed E-state index contributed by atoms with van der Waals surface area (Å²) in [6.45, 7) is 8.11. The summed E-state index contributed by atoms with van der Waals surface area (Å²) in [5.74, 6) is -1.57. The molecule has 9 nitrogen and oxygen atoms in total. The van der Waals surface area contributed by atoms with E-state index in [-0.39, 0.29) is 11.8 Å². The maximum absolute atomic E-state index is 12.9. The minimum atomic E-state index is -1.10. The normalized spacial score (nSPS) is 15.4. The number of hydrogen-bond acceptors (Lipinski definition) is 4. The minimum absolute atomic E-state index is 0.220. The summed E-state index contributed by atoms with van der Waals surface area (Å²) in [7, 11) is 0. The van der Waals surface area contributed by atoms with E-state index in [0.717, 1.165) is 11.0 Å². The summed E-state index contributed by atoms with van der Waals surface area (Å²) < 4.78 is 1.97. The minimum Gasteiger partial charge on any atom is -0.480 e. The van der Waals surface area contributed by atoms with Crippen LogP contribution in [0.2, 0.25) is 0 Å². The molecule has 2 heterocycles. The Morgan fingerprint density at radius 3 is 2.28 bits per heavy atom. The van der Waals surface area contributed by atoms with Crippen LogP contribution in [0.25, 0.3) is 11.0 Å². The Morgan fingerprint density at radius 1 is 1.00 bits per heavy atom. The molecule has 1 aliphatic rings. The largest absolute Gasteiger partial charge is 0.480 e. The topological polar surface area (TPSA) is 117 Å². The monoisotopic (exact) mass is 401 g/mol. The summed E-state index contributed by atoms with van der Waals surface area (Å²) in [6.07, 6.45) is 0. The van der Waals surface area contributed by atoms with Crippen molar-refractivity contribution in [3.05, 3.63) is 24.3 Å². The van der Waals surface area contributed by atoms with Crippen LogP contribution in [0.3, 0.4) is 0 Å². The number of nitrogens with zero attached hydrogens (tertiary/aromatic N) is 3. The van der Waals surface area contributed by atoms with E-state index in [9.17, 15) is 19.5 Å². The van der Waals surface area contributed by atoms with Crippen molar-refractivity contribution in [2.45, 2.75) is 46.3 Å². The molecule has 0 radical (unpaired) electrons. The van der Waals surface area contributed by atoms with Crippen LogP contribution in [0.15, 0.2) is 24.3 Å². The van der Waals surface area contributed by atoms with Gasteiger partial charge in [-0.1, -0.05) is 39.8 Å². The Kier molecular flexibility index (Phi) is 5.76. The number of urea groups is 1. The molecule has 1 aliphatic heterocycles. The van der Waals surface area contributed by atoms with E-state index < -0.39 is 30.0 Å². The average Bonchev–Trinajstić information content (AvgIpc) is 3.22. The molecule has 29 heavy (non-hydrogen) atoms. The molecule has 9 heteroatoms. The van der Waals surface area contributed by atoms with E-state index in [4.69, 9.17) is 0 Å². The van der Waals surface area contributed by atoms with E-state index in [2.05, 4.69) is 15.6 Å². The number of hydrogen-bond donors (Lipinski definition) is 3. The third-order valence-corrected chi connectivity index (χ3v) is 5.13. The molecule has 0 saturated carbocycles. The Hall–Kier alpha value is -3.10. The third kappa shape index (κ3) is 4.03. The molecule has 3 rings (SSSR count). The average molecular weight is 401 g/mol. The first kappa shape index (κ1) is 20.6. The van der Waals surface area contributed by atoms with Gasteiger partial charge in [0.15, 0.2) is 0 Å². The standard InChI is InChI=1S/C20H27N5O4/c1-11(2)15(17(26)22-16(12(3)4)18(27)28)23-20(29)25-10-9-24-14-8-6-5-7-13(14)21-19(24)25/h5-8,11-12,15-16H,9-10H2,1-4H3,(H,22,26)(H,23,29)(H,27,28)/t15-,16-/m0/s1. The molecule has 0 saturated heterocycles. The molecule has 156 valence electrons. The molecule has 2 atom stereocenters. The van der Waals surface area contributed by atoms with E-state index in [1.54, 1.807) is 27.7 Å². The van der Waals surface area contributed by atoms with Gasteiger partial charge in [-0.05, 0) is 24.0 Å². The first-order valence-electron chi connectivity index (χ1n) is 9.77. The number of rotatable bonds is 6. The quantitative estimate of drug-likeness (QED) is 0.683. The van der Waals surface area contributed by atoms with Gasteiger partial charge in [-0.15, -0.1) is 0 Å². The van der Waals surface area contributed by atoms with Crippen molar-refractivity contribution in [1.29, 1.82) is 0 Å². The van der Waals surface area contributed by atoms with Crippen molar-refractivity contribution in [2.75, 3.05) is 11.4 Å². The second-order valence-electron chi connectivity index (χ2n) is 7.94. The van der Waals surface area contributed by atoms with Crippen LogP contribution in [0, 0.1) is 11.8 Å². The Balaban J connectivity index is 1.76. The number of para-hydroxylation sites is 2. The molecule has 3 amide bonds. The number of carbonyl (C=O) groups is 3. The van der Waals surface area contributed by atoms with E-state index >= 15 is 0 Å². The number of imidazole rings is 1. The van der Waals surface area contributed by atoms with Gasteiger partial charge < -0.3 is 20.3 Å². The Bertz CT molecular complexity index is 936. The fourth-order valence-electron chi connectivity index (χ4n) is 3.48. The lowest BCUT2D eigenvalue weighted by Crippen LogP contribution is -2.57. The predicted octanol–water partition coefficient (Wildman–Crippen LogP) is 1.82. The van der Waals surface area contributed by atoms with Gasteiger partial charge in [-0.2, -0.15) is 0 Å². The molecular formula is C20H27N5O4. The molecule has 0 unspecified atom stereocenters. The van der Waals surface area contributed by atoms with Crippen molar-refractivity contribution < 1.29 is 19.5 Å². The first-order chi connectivity index (χ1) is 13.7. The fraction of sp³-hybridized carbons (Fsp3) is 0.500. The zero-order valence-corrected chi connectivity index (χ0v) is 17.0. The summed E-state index contributed by atoms with van der Waals surface area (Å²) in [5, 5.41) is 14.6. The van der Waals surface area contributed by atoms with Crippen molar-refractivity contribution >= 4 is 34.9 Å². The molecular weight excluding hydrogens is 374 g/mol. The highest BCUT2D eigenvalue weighted by Crippen LogP contribution is 2.27. The van der Waals surface area contributed by atoms with Crippen LogP contribution in [0.1, 0.15) is 27.7 Å². The zero-order chi connectivity index (χ0) is 21.3. The highest BCUT2D eigenvalue weighted by molar-refractivity contribution is 5.97. The van der Waals surface area contributed by atoms with Gasteiger partial charge in [-0.25, -0.2) is 14.6 Å². The summed E-state index contributed by atoms with van der Waals surface area (Å²) in [5.41, 5.74) is 1.76. The van der Waals surface area contributed by atoms with Crippen LogP contribution in [0.4, 0.5) is 10.7 Å². The lowest BCUT2D eigenvalue weighted by molar-refractivity contribution is -0.143. The molecule has 1 aromatic carbocycles. The molecule has 0 aliphatic carbocycles. The van der Waals surface area contributed by atoms with E-state index in [1.807, 2.05) is 28.8 Å². The molecule has 0 fully saturated rings. The van der Waals surface area contributed by atoms with Gasteiger partial charge in [0, 0.05) is 13.1 Å². The molecule has 0 bridgehead atoms. The van der Waals surface area contributed by atoms with Crippen molar-refractivity contribution in [2.24, 2.45) is 11.8 Å². The highest BCUT2D eigenvalue weighted by atomic mass is 16.4. The van der Waals surface area contributed by atoms with Crippen LogP contribution in [0.5, 0.6) is 0 Å². The number of carbonyl (C=O) groups excluding carboxylic acids is 2. The highest BCUT2D eigenvalue weighted by Gasteiger charge is 2.34. The summed E-state index contributed by atoms with van der Waals surface area (Å²) in [4.78, 5) is 43.1. The third-order valence-electron chi connectivity index (χ3n) is 5.13. The first-order valence-corrected chi connectivity index (χ1v) is 9.77. The van der Waals surface area contributed by atoms with Crippen molar-refractivity contribution in [3.63, 3.8) is 0 Å². The number of anilines is 1. The second-order valence-corrected chi connectivity index (χ2v) is 7.94. The molecule has 0 spiro atoms. The Morgan fingerprint density at radius 2 is 1.66 bits per heavy atom. The number of nitrogens with one attached hydrogen (secondary N) is 2. The number of carboxylic acid groups (broad SMARTS) is 1. The van der Waals surface area contributed by atoms with Gasteiger partial charge in [0.1, 0.15) is 12.1 Å². The van der Waals surface area contributed by atoms with Gasteiger partial charge in [0.25, 0.3) is 0 Å². The Labute approximate surface area is 169 Å². The van der Waals surface area contributed by atoms with Gasteiger partial charge in [0.05, 0.1) is 11.0 Å². The van der Waals surface area contributed by atoms with Gasteiger partial charge in [0.2, 0.25) is 11.9 Å². The molecule has 2 aromatic rings. The van der Waals surface area contributed by atoms with E-state index in [1.165, 1.54) is 4.90 Å². The molecule has 1 aromatic heterocycles. The lowest BCUT2D eigenvalue weighted by Gasteiger charge is -2.27. The summed E-state index contributed by atoms with van der Waals surface area (Å²) >= 11 is 0. The van der Waals surface area contributed by atoms with Gasteiger partial charge in [-0.3, -0.25) is 9.69 Å². The smallest absolute Gasteiger partial charge is 0.326 e. The maximum atomic E-state index is 12.9. The van der Waals surface area contributed by atoms with Crippen LogP contribution in [-0.2, 0) is 16.1 Å². The number of benzene rings is 1. The van der Waals surface area contributed by atoms with Crippen LogP contribution >= 0.6 is 0 Å². The second kappa shape index (κ2) is 8.10. The predicted molar refractivity (Wildman–Crippen MR) is 109 cm³/mol.